The first-order valence-electron chi connectivity index (χ1n) is 8.21. The monoisotopic (exact) mass is 350 g/mol. The number of guanidine groups is 1. The van der Waals surface area contributed by atoms with Crippen LogP contribution in [0.15, 0.2) is 14.9 Å². The lowest BCUT2D eigenvalue weighted by molar-refractivity contribution is 0.371. The first kappa shape index (κ1) is 18.4. The fourth-order valence-corrected chi connectivity index (χ4v) is 2.84. The first-order chi connectivity index (χ1) is 11.5. The maximum atomic E-state index is 5.23. The second kappa shape index (κ2) is 8.77. The molecule has 0 aromatic carbocycles. The van der Waals surface area contributed by atoms with Gasteiger partial charge in [0, 0.05) is 31.3 Å². The quantitative estimate of drug-likeness (QED) is 0.589. The highest BCUT2D eigenvalue weighted by Crippen LogP contribution is 2.17. The molecule has 2 aromatic heterocycles. The Morgan fingerprint density at radius 1 is 1.21 bits per heavy atom. The predicted octanol–water partition coefficient (Wildman–Crippen LogP) is 2.68. The number of aliphatic imine (C=N–C) groups is 1. The highest BCUT2D eigenvalue weighted by atomic mass is 32.1. The van der Waals surface area contributed by atoms with Crippen molar-refractivity contribution in [2.45, 2.75) is 52.5 Å². The lowest BCUT2D eigenvalue weighted by Crippen LogP contribution is -2.37. The number of rotatable bonds is 7. The molecule has 0 radical (unpaired) electrons. The number of nitrogens with one attached hydrogen (secondary N) is 2. The van der Waals surface area contributed by atoms with E-state index in [4.69, 9.17) is 4.52 Å². The van der Waals surface area contributed by atoms with Gasteiger partial charge in [-0.15, -0.1) is 11.3 Å². The summed E-state index contributed by atoms with van der Waals surface area (Å²) in [5.74, 6) is 2.86. The molecule has 0 aliphatic heterocycles. The highest BCUT2D eigenvalue weighted by Gasteiger charge is 2.10. The number of nitrogens with zero attached hydrogens (tertiary/aromatic N) is 4. The number of hydrogen-bond acceptors (Lipinski definition) is 6. The van der Waals surface area contributed by atoms with Crippen molar-refractivity contribution in [3.8, 4) is 0 Å². The van der Waals surface area contributed by atoms with Crippen LogP contribution >= 0.6 is 11.3 Å². The Morgan fingerprint density at radius 2 is 2.00 bits per heavy atom. The molecule has 7 nitrogen and oxygen atoms in total. The van der Waals surface area contributed by atoms with Gasteiger partial charge in [-0.25, -0.2) is 4.98 Å². The van der Waals surface area contributed by atoms with Crippen LogP contribution in [0, 0.1) is 0 Å². The number of hydrogen-bond donors (Lipinski definition) is 2. The van der Waals surface area contributed by atoms with Gasteiger partial charge in [-0.1, -0.05) is 32.9 Å². The van der Waals surface area contributed by atoms with Gasteiger partial charge in [0.2, 0.25) is 5.89 Å². The van der Waals surface area contributed by atoms with E-state index in [1.165, 1.54) is 0 Å². The summed E-state index contributed by atoms with van der Waals surface area (Å²) in [6.07, 6.45) is 0.662. The Bertz CT molecular complexity index is 661. The molecule has 2 N–H and O–H groups in total. The number of thiazole rings is 1. The van der Waals surface area contributed by atoms with Gasteiger partial charge in [-0.3, -0.25) is 4.99 Å². The van der Waals surface area contributed by atoms with Gasteiger partial charge in [0.05, 0.1) is 12.2 Å². The van der Waals surface area contributed by atoms with Gasteiger partial charge in [0.15, 0.2) is 11.8 Å². The van der Waals surface area contributed by atoms with Gasteiger partial charge in [0.1, 0.15) is 5.01 Å². The lowest BCUT2D eigenvalue weighted by Gasteiger charge is -2.09. The smallest absolute Gasteiger partial charge is 0.228 e. The molecular weight excluding hydrogens is 324 g/mol. The van der Waals surface area contributed by atoms with Gasteiger partial charge in [-0.05, 0) is 5.92 Å². The molecule has 0 saturated heterocycles. The van der Waals surface area contributed by atoms with Crippen LogP contribution in [-0.2, 0) is 13.0 Å². The second-order valence-electron chi connectivity index (χ2n) is 6.12. The summed E-state index contributed by atoms with van der Waals surface area (Å²) >= 11 is 1.67. The van der Waals surface area contributed by atoms with Crippen molar-refractivity contribution in [2.24, 2.45) is 4.99 Å². The van der Waals surface area contributed by atoms with Crippen molar-refractivity contribution in [3.63, 3.8) is 0 Å². The van der Waals surface area contributed by atoms with Crippen LogP contribution in [-0.4, -0.2) is 34.7 Å². The van der Waals surface area contributed by atoms with Crippen molar-refractivity contribution in [2.75, 3.05) is 13.6 Å². The molecule has 24 heavy (non-hydrogen) atoms. The molecule has 0 aliphatic rings. The van der Waals surface area contributed by atoms with Gasteiger partial charge in [-0.2, -0.15) is 4.98 Å². The van der Waals surface area contributed by atoms with E-state index in [0.29, 0.717) is 31.3 Å². The Balaban J connectivity index is 1.75. The molecule has 2 rings (SSSR count). The zero-order valence-corrected chi connectivity index (χ0v) is 15.8. The van der Waals surface area contributed by atoms with Crippen LogP contribution in [0.1, 0.15) is 61.9 Å². The van der Waals surface area contributed by atoms with Crippen LogP contribution in [0.4, 0.5) is 0 Å². The molecule has 2 heterocycles. The van der Waals surface area contributed by atoms with Crippen LogP contribution in [0.2, 0.25) is 0 Å². The third-order valence-corrected chi connectivity index (χ3v) is 4.29. The zero-order valence-electron chi connectivity index (χ0n) is 15.0. The average molecular weight is 350 g/mol. The highest BCUT2D eigenvalue weighted by molar-refractivity contribution is 7.09. The molecule has 0 amide bonds. The van der Waals surface area contributed by atoms with Crippen molar-refractivity contribution in [3.05, 3.63) is 27.8 Å². The zero-order chi connectivity index (χ0) is 17.5. The van der Waals surface area contributed by atoms with Gasteiger partial charge >= 0.3 is 0 Å². The summed E-state index contributed by atoms with van der Waals surface area (Å²) in [5, 5.41) is 13.6. The maximum Gasteiger partial charge on any atom is 0.228 e. The minimum Gasteiger partial charge on any atom is -0.356 e. The predicted molar refractivity (Wildman–Crippen MR) is 96.5 cm³/mol. The van der Waals surface area contributed by atoms with Crippen molar-refractivity contribution < 1.29 is 4.52 Å². The molecule has 132 valence electrons. The third kappa shape index (κ3) is 5.30. The van der Waals surface area contributed by atoms with Gasteiger partial charge in [0.25, 0.3) is 0 Å². The lowest BCUT2D eigenvalue weighted by atomic mass is 10.2. The minimum atomic E-state index is 0.277. The second-order valence-corrected chi connectivity index (χ2v) is 7.07. The van der Waals surface area contributed by atoms with E-state index >= 15 is 0 Å². The van der Waals surface area contributed by atoms with Crippen LogP contribution in [0.3, 0.4) is 0 Å². The molecule has 0 atom stereocenters. The van der Waals surface area contributed by atoms with E-state index in [-0.39, 0.29) is 5.92 Å². The molecule has 0 saturated carbocycles. The molecule has 0 bridgehead atoms. The van der Waals surface area contributed by atoms with E-state index in [9.17, 15) is 0 Å². The van der Waals surface area contributed by atoms with Crippen LogP contribution < -0.4 is 10.6 Å². The van der Waals surface area contributed by atoms with Crippen molar-refractivity contribution in [1.82, 2.24) is 25.8 Å². The standard InChI is InChI=1S/C16H26N6OS/c1-10(2)12-9-24-14(20-12)8-19-16(17-5)18-7-6-13-21-15(11(3)4)22-23-13/h9-11H,6-8H2,1-5H3,(H2,17,18,19). The van der Waals surface area contributed by atoms with E-state index in [1.54, 1.807) is 18.4 Å². The molecule has 2 aromatic rings. The van der Waals surface area contributed by atoms with E-state index in [0.717, 1.165) is 22.5 Å². The number of aromatic nitrogens is 3. The van der Waals surface area contributed by atoms with E-state index in [2.05, 4.69) is 50.0 Å². The molecule has 0 unspecified atom stereocenters. The largest absolute Gasteiger partial charge is 0.356 e. The fraction of sp³-hybridized carbons (Fsp3) is 0.625. The van der Waals surface area contributed by atoms with E-state index < -0.39 is 0 Å². The first-order valence-corrected chi connectivity index (χ1v) is 9.08. The summed E-state index contributed by atoms with van der Waals surface area (Å²) in [7, 11) is 1.75. The summed E-state index contributed by atoms with van der Waals surface area (Å²) in [6.45, 7) is 9.72. The topological polar surface area (TPSA) is 88.2 Å². The normalized spacial score (nSPS) is 12.2. The molecule has 0 spiro atoms. The van der Waals surface area contributed by atoms with Crippen molar-refractivity contribution >= 4 is 17.3 Å². The van der Waals surface area contributed by atoms with Gasteiger partial charge < -0.3 is 15.2 Å². The summed E-state index contributed by atoms with van der Waals surface area (Å²) < 4.78 is 5.23. The Morgan fingerprint density at radius 3 is 2.58 bits per heavy atom. The molecule has 0 aliphatic carbocycles. The Hall–Kier alpha value is -1.96. The SMILES string of the molecule is CN=C(NCCc1nc(C(C)C)no1)NCc1nc(C(C)C)cs1. The summed E-state index contributed by atoms with van der Waals surface area (Å²) in [5.41, 5.74) is 1.14. The molecule has 0 fully saturated rings. The molecular formula is C16H26N6OS. The fourth-order valence-electron chi connectivity index (χ4n) is 1.94. The Labute approximate surface area is 147 Å². The maximum absolute atomic E-state index is 5.23. The summed E-state index contributed by atoms with van der Waals surface area (Å²) in [4.78, 5) is 13.2. The van der Waals surface area contributed by atoms with E-state index in [1.807, 2.05) is 13.8 Å². The minimum absolute atomic E-state index is 0.277. The third-order valence-electron chi connectivity index (χ3n) is 3.42. The molecule has 8 heteroatoms. The average Bonchev–Trinajstić information content (AvgIpc) is 3.20. The van der Waals surface area contributed by atoms with Crippen LogP contribution in [0.25, 0.3) is 0 Å². The van der Waals surface area contributed by atoms with Crippen LogP contribution in [0.5, 0.6) is 0 Å². The van der Waals surface area contributed by atoms with Crippen molar-refractivity contribution in [1.29, 1.82) is 0 Å². The Kier molecular flexibility index (Phi) is 6.72. The summed E-state index contributed by atoms with van der Waals surface area (Å²) in [6, 6.07) is 0.